The Bertz CT molecular complexity index is 1430. The maximum Gasteiger partial charge on any atom is 0.426 e. The molecule has 1 N–H and O–H groups in total. The molecule has 1 unspecified atom stereocenters. The summed E-state index contributed by atoms with van der Waals surface area (Å²) in [6.07, 6.45) is -7.94. The van der Waals surface area contributed by atoms with Gasteiger partial charge in [-0.05, 0) is 34.4 Å². The number of rotatable bonds is 7. The molecule has 0 saturated heterocycles. The van der Waals surface area contributed by atoms with Crippen molar-refractivity contribution in [1.82, 2.24) is 0 Å². The molecular formula is C25H20BF3O7S. The van der Waals surface area contributed by atoms with Crippen molar-refractivity contribution in [3.8, 4) is 16.9 Å². The van der Waals surface area contributed by atoms with Crippen LogP contribution in [-0.4, -0.2) is 50.8 Å². The molecule has 0 amide bonds. The number of carbonyl (C=O) groups is 2. The van der Waals surface area contributed by atoms with Gasteiger partial charge in [0.2, 0.25) is 6.10 Å². The highest BCUT2D eigenvalue weighted by molar-refractivity contribution is 7.85. The summed E-state index contributed by atoms with van der Waals surface area (Å²) < 4.78 is 80.9. The van der Waals surface area contributed by atoms with E-state index in [0.29, 0.717) is 23.0 Å². The number of hydrogen-bond donors (Lipinski definition) is 1. The minimum atomic E-state index is -5.27. The van der Waals surface area contributed by atoms with E-state index in [1.165, 1.54) is 12.1 Å². The zero-order chi connectivity index (χ0) is 27.0. The Morgan fingerprint density at radius 3 is 2.05 bits per heavy atom. The van der Waals surface area contributed by atoms with Crippen LogP contribution in [0.2, 0.25) is 0 Å². The lowest BCUT2D eigenvalue weighted by Gasteiger charge is -2.20. The van der Waals surface area contributed by atoms with Gasteiger partial charge in [0.1, 0.15) is 30.8 Å². The number of ether oxygens (including phenoxy) is 2. The molecule has 37 heavy (non-hydrogen) atoms. The molecule has 3 aromatic carbocycles. The van der Waals surface area contributed by atoms with Crippen molar-refractivity contribution in [2.75, 3.05) is 5.75 Å². The van der Waals surface area contributed by atoms with Gasteiger partial charge < -0.3 is 9.47 Å². The molecule has 0 aliphatic heterocycles. The van der Waals surface area contributed by atoms with Gasteiger partial charge in [0.25, 0.3) is 10.1 Å². The Balaban J connectivity index is 1.68. The molecule has 192 valence electrons. The van der Waals surface area contributed by atoms with E-state index in [2.05, 4.69) is 4.74 Å². The first kappa shape index (κ1) is 26.4. The van der Waals surface area contributed by atoms with E-state index in [-0.39, 0.29) is 5.75 Å². The Labute approximate surface area is 211 Å². The van der Waals surface area contributed by atoms with Crippen LogP contribution < -0.4 is 4.74 Å². The third-order valence-electron chi connectivity index (χ3n) is 5.93. The summed E-state index contributed by atoms with van der Waals surface area (Å²) in [5.41, 5.74) is 3.14. The van der Waals surface area contributed by atoms with E-state index >= 15 is 0 Å². The van der Waals surface area contributed by atoms with Gasteiger partial charge in [-0.25, -0.2) is 4.79 Å². The number of esters is 2. The molecule has 0 fully saturated rings. The molecule has 7 nitrogen and oxygen atoms in total. The number of fused-ring (bicyclic) bond motifs is 3. The Morgan fingerprint density at radius 1 is 0.973 bits per heavy atom. The fourth-order valence-corrected chi connectivity index (χ4v) is 4.84. The molecule has 1 aliphatic rings. The van der Waals surface area contributed by atoms with Crippen molar-refractivity contribution in [2.45, 2.75) is 24.5 Å². The molecule has 4 rings (SSSR count). The first-order valence-electron chi connectivity index (χ1n) is 11.1. The van der Waals surface area contributed by atoms with Gasteiger partial charge in [-0.3, -0.25) is 9.35 Å². The first-order chi connectivity index (χ1) is 17.4. The van der Waals surface area contributed by atoms with Crippen molar-refractivity contribution >= 4 is 29.9 Å². The van der Waals surface area contributed by atoms with Crippen LogP contribution in [0.25, 0.3) is 11.1 Å². The number of halogens is 3. The molecular weight excluding hydrogens is 512 g/mol. The minimum Gasteiger partial charge on any atom is -0.448 e. The third-order valence-corrected chi connectivity index (χ3v) is 6.65. The fraction of sp³-hybridized carbons (Fsp3) is 0.200. The van der Waals surface area contributed by atoms with Crippen molar-refractivity contribution in [1.29, 1.82) is 0 Å². The normalized spacial score (nSPS) is 13.9. The maximum absolute atomic E-state index is 13.4. The van der Waals surface area contributed by atoms with Crippen LogP contribution in [0.3, 0.4) is 0 Å². The number of carbonyl (C=O) groups excluding carboxylic acids is 2. The average Bonchev–Trinajstić information content (AvgIpc) is 3.16. The second-order valence-electron chi connectivity index (χ2n) is 8.40. The number of benzene rings is 3. The monoisotopic (exact) mass is 532 g/mol. The molecule has 0 bridgehead atoms. The summed E-state index contributed by atoms with van der Waals surface area (Å²) in [5, 5.41) is 0. The second kappa shape index (κ2) is 10.0. The second-order valence-corrected chi connectivity index (χ2v) is 9.89. The smallest absolute Gasteiger partial charge is 0.426 e. The Morgan fingerprint density at radius 2 is 1.54 bits per heavy atom. The average molecular weight is 532 g/mol. The molecule has 1 atom stereocenters. The largest absolute Gasteiger partial charge is 0.448 e. The molecule has 0 spiro atoms. The molecule has 0 aromatic heterocycles. The Kier molecular flexibility index (Phi) is 7.16. The summed E-state index contributed by atoms with van der Waals surface area (Å²) in [6, 6.07) is 18.3. The van der Waals surface area contributed by atoms with Gasteiger partial charge in [0.05, 0.1) is 0 Å². The van der Waals surface area contributed by atoms with E-state index in [1.54, 1.807) is 32.1 Å². The summed E-state index contributed by atoms with van der Waals surface area (Å²) in [4.78, 5) is 26.1. The van der Waals surface area contributed by atoms with Crippen LogP contribution in [0, 0.1) is 0 Å². The maximum atomic E-state index is 13.4. The molecule has 1 aliphatic carbocycles. The van der Waals surface area contributed by atoms with E-state index < -0.39 is 51.6 Å². The van der Waals surface area contributed by atoms with Crippen molar-refractivity contribution in [3.05, 3.63) is 89.0 Å². The van der Waals surface area contributed by atoms with Crippen LogP contribution in [0.1, 0.15) is 33.0 Å². The van der Waals surface area contributed by atoms with Crippen LogP contribution in [0.5, 0.6) is 5.75 Å². The lowest BCUT2D eigenvalue weighted by molar-refractivity contribution is -0.197. The van der Waals surface area contributed by atoms with Gasteiger partial charge in [0, 0.05) is 0 Å². The van der Waals surface area contributed by atoms with Gasteiger partial charge in [-0.15, -0.1) is 0 Å². The highest BCUT2D eigenvalue weighted by atomic mass is 32.2. The number of hydrogen-bond acceptors (Lipinski definition) is 6. The van der Waals surface area contributed by atoms with Gasteiger partial charge in [-0.2, -0.15) is 21.6 Å². The van der Waals surface area contributed by atoms with E-state index in [0.717, 1.165) is 17.2 Å². The molecule has 0 saturated carbocycles. The molecule has 12 heteroatoms. The third kappa shape index (κ3) is 5.70. The van der Waals surface area contributed by atoms with Crippen LogP contribution in [0.15, 0.2) is 66.7 Å². The minimum absolute atomic E-state index is 0.330. The summed E-state index contributed by atoms with van der Waals surface area (Å²) in [6.45, 7) is 0. The summed E-state index contributed by atoms with van der Waals surface area (Å²) in [7, 11) is -3.34. The highest BCUT2D eigenvalue weighted by Crippen LogP contribution is 2.45. The topological polar surface area (TPSA) is 107 Å². The summed E-state index contributed by atoms with van der Waals surface area (Å²) >= 11 is 0. The number of alkyl halides is 3. The van der Waals surface area contributed by atoms with Crippen LogP contribution in [-0.2, 0) is 26.0 Å². The van der Waals surface area contributed by atoms with Gasteiger partial charge in [-0.1, -0.05) is 66.5 Å². The first-order valence-corrected chi connectivity index (χ1v) is 12.8. The lowest BCUT2D eigenvalue weighted by Crippen LogP contribution is -2.39. The molecule has 0 radical (unpaired) electrons. The van der Waals surface area contributed by atoms with Crippen LogP contribution in [0.4, 0.5) is 13.2 Å². The van der Waals surface area contributed by atoms with E-state index in [4.69, 9.17) is 9.29 Å². The van der Waals surface area contributed by atoms with E-state index in [9.17, 15) is 31.2 Å². The van der Waals surface area contributed by atoms with Crippen molar-refractivity contribution < 1.29 is 45.2 Å². The quantitative estimate of drug-likeness (QED) is 0.215. The molecule has 0 heterocycles. The van der Waals surface area contributed by atoms with Crippen molar-refractivity contribution in [2.24, 2.45) is 0 Å². The van der Waals surface area contributed by atoms with Gasteiger partial charge in [0.15, 0.2) is 0 Å². The zero-order valence-corrected chi connectivity index (χ0v) is 20.2. The highest BCUT2D eigenvalue weighted by Gasteiger charge is 2.46. The SMILES string of the molecule is BCc1ccc(C(=O)OC(CS(=O)(=O)O)C(F)(F)F)c(OC(=O)C2c3ccccc3-c3ccccc32)c1. The van der Waals surface area contributed by atoms with Gasteiger partial charge >= 0.3 is 18.1 Å². The lowest BCUT2D eigenvalue weighted by atomic mass is 9.95. The fourth-order valence-electron chi connectivity index (χ4n) is 4.20. The van der Waals surface area contributed by atoms with Crippen LogP contribution >= 0.6 is 0 Å². The predicted molar refractivity (Wildman–Crippen MR) is 130 cm³/mol. The standard InChI is InChI=1S/C25H20BF3O7S/c26-12-14-9-10-19(23(30)36-21(25(27,28)29)13-37(32,33)34)20(11-14)35-24(31)22-17-7-3-1-5-15(17)16-6-2-4-8-18(16)22/h1-11,21-22H,12-13,26H2,(H,32,33,34). The summed E-state index contributed by atoms with van der Waals surface area (Å²) in [5.74, 6) is -5.37. The van der Waals surface area contributed by atoms with Crippen molar-refractivity contribution in [3.63, 3.8) is 0 Å². The predicted octanol–water partition coefficient (Wildman–Crippen LogP) is 3.51. The Hall–Kier alpha value is -3.64. The molecule has 3 aromatic rings. The van der Waals surface area contributed by atoms with E-state index in [1.807, 2.05) is 24.3 Å². The zero-order valence-electron chi connectivity index (χ0n) is 19.4.